The normalized spacial score (nSPS) is 9.65. The predicted molar refractivity (Wildman–Crippen MR) is 84.9 cm³/mol. The molecule has 0 saturated heterocycles. The van der Waals surface area contributed by atoms with Gasteiger partial charge in [0, 0.05) is 12.7 Å². The molecular formula is C13H15BO4S2. The highest BCUT2D eigenvalue weighted by atomic mass is 32.2. The van der Waals surface area contributed by atoms with E-state index in [1.54, 1.807) is 30.0 Å². The Morgan fingerprint density at radius 2 is 1.95 bits per heavy atom. The summed E-state index contributed by atoms with van der Waals surface area (Å²) in [5.41, 5.74) is 2.28. The monoisotopic (exact) mass is 310 g/mol. The molecule has 0 atom stereocenters. The summed E-state index contributed by atoms with van der Waals surface area (Å²) < 4.78 is 1.04. The van der Waals surface area contributed by atoms with Gasteiger partial charge in [0.2, 0.25) is 0 Å². The molecule has 0 spiro atoms. The van der Waals surface area contributed by atoms with Gasteiger partial charge in [-0.2, -0.15) is 0 Å². The summed E-state index contributed by atoms with van der Waals surface area (Å²) in [5, 5.41) is 25.3. The molecule has 0 aliphatic heterocycles. The van der Waals surface area contributed by atoms with Gasteiger partial charge in [-0.1, -0.05) is 24.3 Å². The number of aldehydes is 1. The molecule has 1 aromatic carbocycles. The van der Waals surface area contributed by atoms with E-state index in [0.29, 0.717) is 10.3 Å². The van der Waals surface area contributed by atoms with Gasteiger partial charge in [0.25, 0.3) is 0 Å². The largest absolute Gasteiger partial charge is 0.488 e. The van der Waals surface area contributed by atoms with Crippen LogP contribution in [0.15, 0.2) is 34.5 Å². The Hall–Kier alpha value is -1.12. The van der Waals surface area contributed by atoms with Crippen LogP contribution in [0.2, 0.25) is 0 Å². The Balaban J connectivity index is 0.000000956. The van der Waals surface area contributed by atoms with Crippen LogP contribution in [0, 0.1) is 0 Å². The topological polar surface area (TPSA) is 77.8 Å². The Labute approximate surface area is 126 Å². The van der Waals surface area contributed by atoms with Crippen molar-refractivity contribution >= 4 is 42.0 Å². The zero-order valence-electron chi connectivity index (χ0n) is 11.1. The van der Waals surface area contributed by atoms with Crippen molar-refractivity contribution in [3.8, 4) is 11.1 Å². The Bertz CT molecular complexity index is 569. The number of benzene rings is 1. The number of aliphatic hydroxyl groups excluding tert-OH is 1. The summed E-state index contributed by atoms with van der Waals surface area (Å²) in [5.74, 6) is 0. The van der Waals surface area contributed by atoms with Crippen molar-refractivity contribution in [3.05, 3.63) is 35.2 Å². The maximum Gasteiger partial charge on any atom is 0.488 e. The molecule has 20 heavy (non-hydrogen) atoms. The van der Waals surface area contributed by atoms with Crippen LogP contribution < -0.4 is 5.46 Å². The second-order valence-electron chi connectivity index (χ2n) is 3.67. The molecule has 0 amide bonds. The van der Waals surface area contributed by atoms with Gasteiger partial charge < -0.3 is 15.2 Å². The Morgan fingerprint density at radius 3 is 2.50 bits per heavy atom. The van der Waals surface area contributed by atoms with Crippen molar-refractivity contribution < 1.29 is 19.9 Å². The minimum atomic E-state index is -1.48. The standard InChI is InChI=1S/C12H11BO3S2.CH4O/c1-17-12-11(6-10(7-14)18-12)8-3-2-4-9(5-8)13(15)16;1-2/h2-7,15-16H,1H3;2H,1H3. The van der Waals surface area contributed by atoms with E-state index in [2.05, 4.69) is 0 Å². The minimum Gasteiger partial charge on any atom is -0.423 e. The van der Waals surface area contributed by atoms with Gasteiger partial charge in [-0.15, -0.1) is 23.1 Å². The van der Waals surface area contributed by atoms with E-state index in [1.807, 2.05) is 18.4 Å². The molecule has 0 aliphatic rings. The van der Waals surface area contributed by atoms with Gasteiger partial charge in [-0.05, 0) is 23.3 Å². The van der Waals surface area contributed by atoms with Crippen LogP contribution in [-0.4, -0.2) is 41.9 Å². The van der Waals surface area contributed by atoms with Gasteiger partial charge in [0.15, 0.2) is 6.29 Å². The fraction of sp³-hybridized carbons (Fsp3) is 0.154. The van der Waals surface area contributed by atoms with E-state index in [0.717, 1.165) is 28.7 Å². The molecule has 0 unspecified atom stereocenters. The van der Waals surface area contributed by atoms with E-state index < -0.39 is 7.12 Å². The molecule has 0 bridgehead atoms. The second-order valence-corrected chi connectivity index (χ2v) is 5.83. The van der Waals surface area contributed by atoms with Crippen LogP contribution in [-0.2, 0) is 0 Å². The van der Waals surface area contributed by atoms with Gasteiger partial charge in [0.05, 0.1) is 9.09 Å². The molecule has 2 rings (SSSR count). The zero-order valence-corrected chi connectivity index (χ0v) is 12.7. The molecule has 1 aromatic heterocycles. The smallest absolute Gasteiger partial charge is 0.423 e. The summed E-state index contributed by atoms with van der Waals surface area (Å²) in [4.78, 5) is 11.5. The molecule has 0 fully saturated rings. The third kappa shape index (κ3) is 3.94. The van der Waals surface area contributed by atoms with Crippen LogP contribution in [0.5, 0.6) is 0 Å². The first-order valence-corrected chi connectivity index (χ1v) is 7.74. The Kier molecular flexibility index (Phi) is 6.97. The molecular weight excluding hydrogens is 295 g/mol. The number of rotatable bonds is 4. The fourth-order valence-corrected chi connectivity index (χ4v) is 3.41. The number of thiophene rings is 1. The van der Waals surface area contributed by atoms with Crippen molar-refractivity contribution in [3.63, 3.8) is 0 Å². The molecule has 0 saturated carbocycles. The summed E-state index contributed by atoms with van der Waals surface area (Å²) in [6, 6.07) is 8.86. The second kappa shape index (κ2) is 8.23. The van der Waals surface area contributed by atoms with Gasteiger partial charge >= 0.3 is 7.12 Å². The molecule has 3 N–H and O–H groups in total. The lowest BCUT2D eigenvalue weighted by Gasteiger charge is -2.04. The molecule has 0 radical (unpaired) electrons. The molecule has 7 heteroatoms. The number of hydrogen-bond donors (Lipinski definition) is 3. The quantitative estimate of drug-likeness (QED) is 0.450. The van der Waals surface area contributed by atoms with E-state index in [4.69, 9.17) is 15.2 Å². The first-order chi connectivity index (χ1) is 9.65. The van der Waals surface area contributed by atoms with E-state index >= 15 is 0 Å². The number of thioether (sulfide) groups is 1. The highest BCUT2D eigenvalue weighted by molar-refractivity contribution is 8.00. The van der Waals surface area contributed by atoms with Gasteiger partial charge in [-0.3, -0.25) is 4.79 Å². The predicted octanol–water partition coefficient (Wildman–Crippen LogP) is 1.24. The van der Waals surface area contributed by atoms with Gasteiger partial charge in [0.1, 0.15) is 0 Å². The molecule has 1 heterocycles. The lowest BCUT2D eigenvalue weighted by atomic mass is 9.79. The number of aliphatic hydroxyl groups is 1. The average molecular weight is 310 g/mol. The molecule has 2 aromatic rings. The number of carbonyl (C=O) groups excluding carboxylic acids is 1. The van der Waals surface area contributed by atoms with Crippen LogP contribution in [0.3, 0.4) is 0 Å². The molecule has 0 aliphatic carbocycles. The van der Waals surface area contributed by atoms with Crippen molar-refractivity contribution in [2.24, 2.45) is 0 Å². The first kappa shape index (κ1) is 16.9. The number of carbonyl (C=O) groups is 1. The average Bonchev–Trinajstić information content (AvgIpc) is 2.93. The summed E-state index contributed by atoms with van der Waals surface area (Å²) in [6.45, 7) is 0. The van der Waals surface area contributed by atoms with Crippen LogP contribution in [0.4, 0.5) is 0 Å². The van der Waals surface area contributed by atoms with Crippen molar-refractivity contribution in [2.75, 3.05) is 13.4 Å². The highest BCUT2D eigenvalue weighted by Gasteiger charge is 2.14. The van der Waals surface area contributed by atoms with Crippen molar-refractivity contribution in [1.29, 1.82) is 0 Å². The maximum absolute atomic E-state index is 10.8. The first-order valence-electron chi connectivity index (χ1n) is 5.70. The van der Waals surface area contributed by atoms with E-state index in [9.17, 15) is 4.79 Å². The van der Waals surface area contributed by atoms with Crippen LogP contribution in [0.1, 0.15) is 9.67 Å². The lowest BCUT2D eigenvalue weighted by molar-refractivity contribution is 0.112. The molecule has 106 valence electrons. The van der Waals surface area contributed by atoms with E-state index in [-0.39, 0.29) is 0 Å². The van der Waals surface area contributed by atoms with Crippen molar-refractivity contribution in [2.45, 2.75) is 4.21 Å². The summed E-state index contributed by atoms with van der Waals surface area (Å²) in [6.07, 6.45) is 2.79. The molecule has 4 nitrogen and oxygen atoms in total. The third-order valence-corrected chi connectivity index (χ3v) is 4.71. The minimum absolute atomic E-state index is 0.443. The van der Waals surface area contributed by atoms with Crippen molar-refractivity contribution in [1.82, 2.24) is 0 Å². The maximum atomic E-state index is 10.8. The highest BCUT2D eigenvalue weighted by Crippen LogP contribution is 2.36. The van der Waals surface area contributed by atoms with Crippen LogP contribution >= 0.6 is 23.1 Å². The third-order valence-electron chi connectivity index (χ3n) is 2.51. The Morgan fingerprint density at radius 1 is 1.25 bits per heavy atom. The SMILES string of the molecule is CO.CSc1sc(C=O)cc1-c1cccc(B(O)O)c1. The summed E-state index contributed by atoms with van der Waals surface area (Å²) >= 11 is 3.01. The lowest BCUT2D eigenvalue weighted by Crippen LogP contribution is -2.29. The van der Waals surface area contributed by atoms with E-state index in [1.165, 1.54) is 11.3 Å². The zero-order chi connectivity index (χ0) is 15.1. The summed E-state index contributed by atoms with van der Waals surface area (Å²) in [7, 11) is -0.480. The fourth-order valence-electron chi connectivity index (χ4n) is 1.67. The van der Waals surface area contributed by atoms with Crippen LogP contribution in [0.25, 0.3) is 11.1 Å². The number of hydrogen-bond acceptors (Lipinski definition) is 6. The van der Waals surface area contributed by atoms with Gasteiger partial charge in [-0.25, -0.2) is 0 Å².